The van der Waals surface area contributed by atoms with Crippen molar-refractivity contribution < 1.29 is 0 Å². The molecular weight excluding hydrogens is 175 g/mol. The third kappa shape index (κ3) is 1.44. The number of hydrogen-bond acceptors (Lipinski definition) is 0. The fraction of sp³-hybridized carbons (Fsp3) is 0.333. The maximum Gasteiger partial charge on any atom is -0.0137 e. The molecule has 13 heavy (non-hydrogen) atoms. The molecule has 0 atom stereocenters. The second-order valence-corrected chi connectivity index (χ2v) is 4.56. The van der Waals surface area contributed by atoms with E-state index in [0.717, 1.165) is 0 Å². The average Bonchev–Trinajstić information content (AvgIpc) is 2.56. The Morgan fingerprint density at radius 3 is 1.77 bits per heavy atom. The maximum absolute atomic E-state index is 2.25. The Labute approximate surface area is 81.2 Å². The van der Waals surface area contributed by atoms with Gasteiger partial charge in [0.15, 0.2) is 0 Å². The molecule has 1 heterocycles. The van der Waals surface area contributed by atoms with Gasteiger partial charge in [-0.05, 0) is 42.5 Å². The first-order valence-electron chi connectivity index (χ1n) is 4.90. The van der Waals surface area contributed by atoms with E-state index in [0.29, 0.717) is 0 Å². The fourth-order valence-electron chi connectivity index (χ4n) is 1.81. The van der Waals surface area contributed by atoms with E-state index in [1.807, 2.05) is 0 Å². The van der Waals surface area contributed by atoms with Crippen molar-refractivity contribution in [3.63, 3.8) is 0 Å². The Morgan fingerprint density at radius 2 is 1.38 bits per heavy atom. The minimum atomic E-state index is 1.18. The Kier molecular flexibility index (Phi) is 2.51. The highest BCUT2D eigenvalue weighted by molar-refractivity contribution is 7.60. The van der Waals surface area contributed by atoms with E-state index in [4.69, 9.17) is 0 Å². The predicted octanol–water partition coefficient (Wildman–Crippen LogP) is 2.68. The van der Waals surface area contributed by atoms with Crippen molar-refractivity contribution in [2.45, 2.75) is 26.7 Å². The SMILES string of the molecule is CCC1=c2ccccc2=C(CC)[P]1. The molecule has 0 aliphatic carbocycles. The zero-order valence-electron chi connectivity index (χ0n) is 8.17. The zero-order valence-corrected chi connectivity index (χ0v) is 9.07. The summed E-state index contributed by atoms with van der Waals surface area (Å²) in [5, 5.41) is 6.16. The van der Waals surface area contributed by atoms with Gasteiger partial charge in [0.05, 0.1) is 0 Å². The standard InChI is InChI=1S/C12H14P/c1-3-11-9-7-5-6-8-10(9)12(4-2)13-11/h5-8H,3-4H2,1-2H3. The second kappa shape index (κ2) is 3.64. The molecule has 0 N–H and O–H groups in total. The molecule has 1 heteroatoms. The Balaban J connectivity index is 2.76. The molecular formula is C12H14P. The fourth-order valence-corrected chi connectivity index (χ4v) is 3.08. The van der Waals surface area contributed by atoms with Crippen LogP contribution >= 0.6 is 8.58 Å². The third-order valence-corrected chi connectivity index (χ3v) is 4.14. The van der Waals surface area contributed by atoms with Gasteiger partial charge in [-0.1, -0.05) is 38.1 Å². The molecule has 0 unspecified atom stereocenters. The van der Waals surface area contributed by atoms with Crippen LogP contribution < -0.4 is 10.4 Å². The van der Waals surface area contributed by atoms with E-state index in [1.54, 1.807) is 10.6 Å². The molecule has 0 spiro atoms. The molecule has 2 rings (SSSR count). The van der Waals surface area contributed by atoms with Crippen molar-refractivity contribution in [2.24, 2.45) is 0 Å². The quantitative estimate of drug-likeness (QED) is 0.627. The lowest BCUT2D eigenvalue weighted by atomic mass is 10.2. The third-order valence-electron chi connectivity index (χ3n) is 2.49. The molecule has 1 aromatic carbocycles. The van der Waals surface area contributed by atoms with Gasteiger partial charge in [0.2, 0.25) is 0 Å². The van der Waals surface area contributed by atoms with Crippen molar-refractivity contribution in [1.82, 2.24) is 0 Å². The number of hydrogen-bond donors (Lipinski definition) is 0. The van der Waals surface area contributed by atoms with Crippen molar-refractivity contribution >= 4 is 19.2 Å². The van der Waals surface area contributed by atoms with Gasteiger partial charge in [-0.15, -0.1) is 0 Å². The highest BCUT2D eigenvalue weighted by atomic mass is 31.1. The first kappa shape index (κ1) is 8.97. The summed E-state index contributed by atoms with van der Waals surface area (Å²) in [6.45, 7) is 4.50. The van der Waals surface area contributed by atoms with Crippen LogP contribution in [-0.2, 0) is 0 Å². The average molecular weight is 189 g/mol. The van der Waals surface area contributed by atoms with Crippen LogP contribution in [0, 0.1) is 0 Å². The first-order valence-corrected chi connectivity index (χ1v) is 5.79. The van der Waals surface area contributed by atoms with Gasteiger partial charge in [0.25, 0.3) is 0 Å². The summed E-state index contributed by atoms with van der Waals surface area (Å²) >= 11 is 0. The summed E-state index contributed by atoms with van der Waals surface area (Å²) in [5.74, 6) is 0. The van der Waals surface area contributed by atoms with Crippen LogP contribution in [0.25, 0.3) is 10.6 Å². The van der Waals surface area contributed by atoms with E-state index < -0.39 is 0 Å². The van der Waals surface area contributed by atoms with Gasteiger partial charge in [0.1, 0.15) is 0 Å². The number of benzene rings is 1. The van der Waals surface area contributed by atoms with E-state index in [9.17, 15) is 0 Å². The summed E-state index contributed by atoms with van der Waals surface area (Å²) in [4.78, 5) is 0. The summed E-state index contributed by atoms with van der Waals surface area (Å²) in [6.07, 6.45) is 2.37. The maximum atomic E-state index is 2.25. The highest BCUT2D eigenvalue weighted by Gasteiger charge is 2.10. The van der Waals surface area contributed by atoms with E-state index >= 15 is 0 Å². The van der Waals surface area contributed by atoms with Crippen LogP contribution in [0.15, 0.2) is 24.3 Å². The van der Waals surface area contributed by atoms with Crippen LogP contribution in [0.3, 0.4) is 0 Å². The van der Waals surface area contributed by atoms with E-state index in [-0.39, 0.29) is 0 Å². The lowest BCUT2D eigenvalue weighted by Crippen LogP contribution is -2.23. The molecule has 0 nitrogen and oxygen atoms in total. The van der Waals surface area contributed by atoms with Gasteiger partial charge in [0, 0.05) is 0 Å². The largest absolute Gasteiger partial charge is 0.0616 e. The Morgan fingerprint density at radius 1 is 0.923 bits per heavy atom. The van der Waals surface area contributed by atoms with E-state index in [1.165, 1.54) is 31.9 Å². The minimum absolute atomic E-state index is 1.18. The molecule has 0 bridgehead atoms. The van der Waals surface area contributed by atoms with Crippen molar-refractivity contribution in [2.75, 3.05) is 0 Å². The van der Waals surface area contributed by atoms with Crippen LogP contribution in [0.2, 0.25) is 0 Å². The molecule has 1 aromatic rings. The normalized spacial score (nSPS) is 14.9. The van der Waals surface area contributed by atoms with Crippen molar-refractivity contribution in [3.05, 3.63) is 34.7 Å². The molecule has 0 amide bonds. The summed E-state index contributed by atoms with van der Waals surface area (Å²) in [6, 6.07) is 8.79. The smallest absolute Gasteiger partial charge is 0.0137 e. The van der Waals surface area contributed by atoms with Crippen molar-refractivity contribution in [3.8, 4) is 0 Å². The zero-order chi connectivity index (χ0) is 9.26. The molecule has 1 aliphatic rings. The van der Waals surface area contributed by atoms with E-state index in [2.05, 4.69) is 38.1 Å². The molecule has 0 saturated carbocycles. The predicted molar refractivity (Wildman–Crippen MR) is 60.0 cm³/mol. The van der Waals surface area contributed by atoms with Gasteiger partial charge in [-0.3, -0.25) is 0 Å². The van der Waals surface area contributed by atoms with Gasteiger partial charge < -0.3 is 0 Å². The lowest BCUT2D eigenvalue weighted by molar-refractivity contribution is 1.26. The van der Waals surface area contributed by atoms with Crippen LogP contribution in [-0.4, -0.2) is 0 Å². The molecule has 1 radical (unpaired) electrons. The summed E-state index contributed by atoms with van der Waals surface area (Å²) in [5.41, 5.74) is 0. The first-order chi connectivity index (χ1) is 6.36. The topological polar surface area (TPSA) is 0 Å². The number of fused-ring (bicyclic) bond motifs is 1. The van der Waals surface area contributed by atoms with Crippen molar-refractivity contribution in [1.29, 1.82) is 0 Å². The Bertz CT molecular complexity index is 388. The summed E-state index contributed by atoms with van der Waals surface area (Å²) in [7, 11) is 1.47. The molecule has 0 fully saturated rings. The molecule has 0 saturated heterocycles. The molecule has 0 aromatic heterocycles. The van der Waals surface area contributed by atoms with Crippen LogP contribution in [0.1, 0.15) is 26.7 Å². The molecule has 1 aliphatic heterocycles. The van der Waals surface area contributed by atoms with Crippen LogP contribution in [0.5, 0.6) is 0 Å². The molecule has 67 valence electrons. The highest BCUT2D eigenvalue weighted by Crippen LogP contribution is 2.39. The summed E-state index contributed by atoms with van der Waals surface area (Å²) < 4.78 is 0. The second-order valence-electron chi connectivity index (χ2n) is 3.26. The van der Waals surface area contributed by atoms with Crippen LogP contribution in [0.4, 0.5) is 0 Å². The minimum Gasteiger partial charge on any atom is -0.0616 e. The number of rotatable bonds is 2. The Hall–Kier alpha value is -0.610. The lowest BCUT2D eigenvalue weighted by Gasteiger charge is -1.97. The van der Waals surface area contributed by atoms with Gasteiger partial charge in [-0.25, -0.2) is 0 Å². The van der Waals surface area contributed by atoms with Gasteiger partial charge >= 0.3 is 0 Å². The monoisotopic (exact) mass is 189 g/mol. The van der Waals surface area contributed by atoms with Gasteiger partial charge in [-0.2, -0.15) is 0 Å².